The molecule has 0 aromatic heterocycles. The highest BCUT2D eigenvalue weighted by atomic mass is 16.5. The van der Waals surface area contributed by atoms with E-state index in [1.165, 1.54) is 12.0 Å². The van der Waals surface area contributed by atoms with Crippen LogP contribution in [0.25, 0.3) is 0 Å². The van der Waals surface area contributed by atoms with Gasteiger partial charge in [-0.15, -0.1) is 0 Å². The number of aryl methyl sites for hydroxylation is 1. The van der Waals surface area contributed by atoms with Gasteiger partial charge in [-0.25, -0.2) is 0 Å². The highest BCUT2D eigenvalue weighted by Gasteiger charge is 2.03. The molecule has 90 valence electrons. The Kier molecular flexibility index (Phi) is 6.86. The van der Waals surface area contributed by atoms with Crippen LogP contribution >= 0.6 is 0 Å². The summed E-state index contributed by atoms with van der Waals surface area (Å²) in [5.74, 6) is 0. The fourth-order valence-corrected chi connectivity index (χ4v) is 1.77. The maximum Gasteiger partial charge on any atom is 0.0615 e. The second kappa shape index (κ2) is 8.31. The van der Waals surface area contributed by atoms with Gasteiger partial charge in [0.2, 0.25) is 0 Å². The Morgan fingerprint density at radius 1 is 1.25 bits per heavy atom. The zero-order chi connectivity index (χ0) is 11.6. The predicted octanol–water partition coefficient (Wildman–Crippen LogP) is 2.63. The van der Waals surface area contributed by atoms with Gasteiger partial charge < -0.3 is 10.1 Å². The number of methoxy groups -OCH3 is 1. The predicted molar refractivity (Wildman–Crippen MR) is 68.7 cm³/mol. The van der Waals surface area contributed by atoms with E-state index in [2.05, 4.69) is 42.6 Å². The first-order valence-electron chi connectivity index (χ1n) is 6.13. The van der Waals surface area contributed by atoms with E-state index < -0.39 is 0 Å². The Morgan fingerprint density at radius 3 is 2.62 bits per heavy atom. The molecule has 1 rings (SSSR count). The summed E-state index contributed by atoms with van der Waals surface area (Å²) in [5, 5.41) is 3.52. The molecule has 0 aliphatic carbocycles. The molecule has 0 heterocycles. The van der Waals surface area contributed by atoms with Crippen molar-refractivity contribution < 1.29 is 4.74 Å². The second-order valence-corrected chi connectivity index (χ2v) is 4.10. The normalized spacial score (nSPS) is 12.6. The second-order valence-electron chi connectivity index (χ2n) is 4.10. The first kappa shape index (κ1) is 13.2. The number of rotatable bonds is 8. The average molecular weight is 221 g/mol. The van der Waals surface area contributed by atoms with Crippen molar-refractivity contribution in [3.05, 3.63) is 35.9 Å². The summed E-state index contributed by atoms with van der Waals surface area (Å²) < 4.78 is 5.15. The van der Waals surface area contributed by atoms with Crippen LogP contribution in [0.4, 0.5) is 0 Å². The van der Waals surface area contributed by atoms with E-state index in [0.717, 1.165) is 26.0 Å². The lowest BCUT2D eigenvalue weighted by molar-refractivity contribution is 0.164. The fourth-order valence-electron chi connectivity index (χ4n) is 1.77. The molecule has 0 fully saturated rings. The van der Waals surface area contributed by atoms with E-state index in [4.69, 9.17) is 4.74 Å². The average Bonchev–Trinajstić information content (AvgIpc) is 2.34. The van der Waals surface area contributed by atoms with Crippen molar-refractivity contribution in [1.29, 1.82) is 0 Å². The van der Waals surface area contributed by atoms with Gasteiger partial charge in [-0.05, 0) is 31.4 Å². The molecular formula is C14H23NO. The lowest BCUT2D eigenvalue weighted by Crippen LogP contribution is -2.33. The highest BCUT2D eigenvalue weighted by Crippen LogP contribution is 2.02. The van der Waals surface area contributed by atoms with Crippen molar-refractivity contribution in [2.75, 3.05) is 20.3 Å². The van der Waals surface area contributed by atoms with E-state index in [1.807, 2.05) is 0 Å². The third-order valence-corrected chi connectivity index (χ3v) is 2.78. The fraction of sp³-hybridized carbons (Fsp3) is 0.571. The van der Waals surface area contributed by atoms with Gasteiger partial charge in [0.05, 0.1) is 6.61 Å². The van der Waals surface area contributed by atoms with E-state index >= 15 is 0 Å². The van der Waals surface area contributed by atoms with Gasteiger partial charge >= 0.3 is 0 Å². The molecule has 0 radical (unpaired) electrons. The van der Waals surface area contributed by atoms with Crippen LogP contribution in [0.2, 0.25) is 0 Å². The molecule has 16 heavy (non-hydrogen) atoms. The highest BCUT2D eigenvalue weighted by molar-refractivity contribution is 5.14. The molecule has 2 nitrogen and oxygen atoms in total. The van der Waals surface area contributed by atoms with Gasteiger partial charge in [-0.1, -0.05) is 37.3 Å². The summed E-state index contributed by atoms with van der Waals surface area (Å²) in [6, 6.07) is 11.1. The summed E-state index contributed by atoms with van der Waals surface area (Å²) >= 11 is 0. The van der Waals surface area contributed by atoms with Gasteiger partial charge in [0.1, 0.15) is 0 Å². The number of hydrogen-bond donors (Lipinski definition) is 1. The Bertz CT molecular complexity index is 261. The first-order valence-corrected chi connectivity index (χ1v) is 6.13. The maximum absolute atomic E-state index is 5.15. The minimum atomic E-state index is 0.501. The maximum atomic E-state index is 5.15. The Hall–Kier alpha value is -0.860. The summed E-state index contributed by atoms with van der Waals surface area (Å²) in [7, 11) is 1.76. The molecule has 1 aromatic carbocycles. The van der Waals surface area contributed by atoms with Crippen LogP contribution in [0.1, 0.15) is 25.3 Å². The number of benzene rings is 1. The third kappa shape index (κ3) is 5.29. The standard InChI is InChI=1S/C14H23NO/c1-3-14(12-16-2)15-11-7-10-13-8-5-4-6-9-13/h4-6,8-9,14-15H,3,7,10-12H2,1-2H3. The molecule has 1 unspecified atom stereocenters. The Labute approximate surface area is 99.0 Å². The molecule has 0 aliphatic rings. The van der Waals surface area contributed by atoms with Gasteiger partial charge in [-0.3, -0.25) is 0 Å². The van der Waals surface area contributed by atoms with Crippen LogP contribution in [0.15, 0.2) is 30.3 Å². The Morgan fingerprint density at radius 2 is 2.00 bits per heavy atom. The minimum Gasteiger partial charge on any atom is -0.383 e. The molecule has 0 amide bonds. The van der Waals surface area contributed by atoms with E-state index in [1.54, 1.807) is 7.11 Å². The minimum absolute atomic E-state index is 0.501. The SMILES string of the molecule is CCC(COC)NCCCc1ccccc1. The molecule has 0 aliphatic heterocycles. The topological polar surface area (TPSA) is 21.3 Å². The van der Waals surface area contributed by atoms with Crippen LogP contribution in [0.3, 0.4) is 0 Å². The van der Waals surface area contributed by atoms with Crippen molar-refractivity contribution in [2.24, 2.45) is 0 Å². The lowest BCUT2D eigenvalue weighted by atomic mass is 10.1. The van der Waals surface area contributed by atoms with Crippen molar-refractivity contribution in [2.45, 2.75) is 32.2 Å². The number of nitrogens with one attached hydrogen (secondary N) is 1. The number of ether oxygens (including phenoxy) is 1. The Balaban J connectivity index is 2.11. The molecule has 0 saturated carbocycles. The quantitative estimate of drug-likeness (QED) is 0.681. The van der Waals surface area contributed by atoms with Crippen molar-refractivity contribution >= 4 is 0 Å². The molecule has 1 atom stereocenters. The summed E-state index contributed by atoms with van der Waals surface area (Å²) in [4.78, 5) is 0. The first-order chi connectivity index (χ1) is 7.86. The van der Waals surface area contributed by atoms with E-state index in [9.17, 15) is 0 Å². The summed E-state index contributed by atoms with van der Waals surface area (Å²) in [5.41, 5.74) is 1.42. The zero-order valence-electron chi connectivity index (χ0n) is 10.4. The third-order valence-electron chi connectivity index (χ3n) is 2.78. The molecule has 0 spiro atoms. The van der Waals surface area contributed by atoms with Crippen LogP contribution < -0.4 is 5.32 Å². The van der Waals surface area contributed by atoms with Crippen molar-refractivity contribution in [3.63, 3.8) is 0 Å². The van der Waals surface area contributed by atoms with Gasteiger partial charge in [-0.2, -0.15) is 0 Å². The number of hydrogen-bond acceptors (Lipinski definition) is 2. The van der Waals surface area contributed by atoms with E-state index in [-0.39, 0.29) is 0 Å². The molecule has 2 heteroatoms. The summed E-state index contributed by atoms with van der Waals surface area (Å²) in [6.07, 6.45) is 3.46. The lowest BCUT2D eigenvalue weighted by Gasteiger charge is -2.15. The largest absolute Gasteiger partial charge is 0.383 e. The molecule has 0 bridgehead atoms. The van der Waals surface area contributed by atoms with Crippen LogP contribution in [-0.2, 0) is 11.2 Å². The molecule has 0 saturated heterocycles. The molecule has 1 aromatic rings. The smallest absolute Gasteiger partial charge is 0.0615 e. The molecule has 1 N–H and O–H groups in total. The van der Waals surface area contributed by atoms with Crippen molar-refractivity contribution in [1.82, 2.24) is 5.32 Å². The van der Waals surface area contributed by atoms with Crippen LogP contribution in [0.5, 0.6) is 0 Å². The van der Waals surface area contributed by atoms with Crippen LogP contribution in [0, 0.1) is 0 Å². The van der Waals surface area contributed by atoms with Gasteiger partial charge in [0.25, 0.3) is 0 Å². The van der Waals surface area contributed by atoms with Crippen molar-refractivity contribution in [3.8, 4) is 0 Å². The molecular weight excluding hydrogens is 198 g/mol. The summed E-state index contributed by atoms with van der Waals surface area (Å²) in [6.45, 7) is 4.06. The van der Waals surface area contributed by atoms with E-state index in [0.29, 0.717) is 6.04 Å². The zero-order valence-corrected chi connectivity index (χ0v) is 10.4. The van der Waals surface area contributed by atoms with Gasteiger partial charge in [0, 0.05) is 13.2 Å². The monoisotopic (exact) mass is 221 g/mol. The van der Waals surface area contributed by atoms with Gasteiger partial charge in [0.15, 0.2) is 0 Å². The van der Waals surface area contributed by atoms with Crippen LogP contribution in [-0.4, -0.2) is 26.3 Å².